The third kappa shape index (κ3) is 3.79. The first-order chi connectivity index (χ1) is 10.7. The van der Waals surface area contributed by atoms with Crippen LogP contribution in [0.3, 0.4) is 0 Å². The van der Waals surface area contributed by atoms with Gasteiger partial charge in [0.15, 0.2) is 0 Å². The second kappa shape index (κ2) is 7.42. The van der Waals surface area contributed by atoms with Crippen LogP contribution in [0.4, 0.5) is 0 Å². The van der Waals surface area contributed by atoms with Gasteiger partial charge in [0.1, 0.15) is 6.04 Å². The van der Waals surface area contributed by atoms with Gasteiger partial charge in [-0.1, -0.05) is 0 Å². The summed E-state index contributed by atoms with van der Waals surface area (Å²) < 4.78 is 5.37. The average molecular weight is 309 g/mol. The Morgan fingerprint density at radius 1 is 1.23 bits per heavy atom. The van der Waals surface area contributed by atoms with Gasteiger partial charge < -0.3 is 19.9 Å². The minimum absolute atomic E-state index is 0.172. The molecule has 0 aromatic rings. The Labute approximate surface area is 132 Å². The molecule has 0 bridgehead atoms. The Kier molecular flexibility index (Phi) is 5.31. The number of carbonyl (C=O) groups is 2. The molecular formula is C16H27N3O3. The number of rotatable bonds is 3. The van der Waals surface area contributed by atoms with Crippen molar-refractivity contribution in [3.05, 3.63) is 0 Å². The third-order valence-corrected chi connectivity index (χ3v) is 5.05. The summed E-state index contributed by atoms with van der Waals surface area (Å²) in [5, 5.41) is 3.23. The molecule has 3 fully saturated rings. The number of ether oxygens (including phenoxy) is 1. The molecule has 3 saturated heterocycles. The Morgan fingerprint density at radius 3 is 2.73 bits per heavy atom. The fourth-order valence-corrected chi connectivity index (χ4v) is 3.65. The van der Waals surface area contributed by atoms with Crippen LogP contribution in [0, 0.1) is 5.92 Å². The van der Waals surface area contributed by atoms with E-state index in [1.807, 2.05) is 9.80 Å². The van der Waals surface area contributed by atoms with Crippen molar-refractivity contribution in [2.75, 3.05) is 45.9 Å². The molecular weight excluding hydrogens is 282 g/mol. The first-order valence-corrected chi connectivity index (χ1v) is 8.62. The summed E-state index contributed by atoms with van der Waals surface area (Å²) in [6, 6.07) is -0.172. The van der Waals surface area contributed by atoms with Crippen LogP contribution in [-0.4, -0.2) is 73.6 Å². The number of hydrogen-bond donors (Lipinski definition) is 1. The zero-order valence-electron chi connectivity index (χ0n) is 13.3. The Bertz CT molecular complexity index is 401. The van der Waals surface area contributed by atoms with E-state index in [1.165, 1.54) is 0 Å². The van der Waals surface area contributed by atoms with Gasteiger partial charge in [-0.3, -0.25) is 9.59 Å². The van der Waals surface area contributed by atoms with Crippen molar-refractivity contribution in [2.24, 2.45) is 5.92 Å². The van der Waals surface area contributed by atoms with Crippen molar-refractivity contribution in [3.63, 3.8) is 0 Å². The molecule has 124 valence electrons. The zero-order valence-corrected chi connectivity index (χ0v) is 13.3. The van der Waals surface area contributed by atoms with Crippen LogP contribution in [0.2, 0.25) is 0 Å². The molecule has 6 heteroatoms. The number of likely N-dealkylation sites (tertiary alicyclic amines) is 2. The fourth-order valence-electron chi connectivity index (χ4n) is 3.65. The maximum absolute atomic E-state index is 12.4. The van der Waals surface area contributed by atoms with Crippen molar-refractivity contribution >= 4 is 11.8 Å². The maximum Gasteiger partial charge on any atom is 0.242 e. The number of piperidine rings is 2. The van der Waals surface area contributed by atoms with Gasteiger partial charge in [-0.15, -0.1) is 0 Å². The summed E-state index contributed by atoms with van der Waals surface area (Å²) in [5.74, 6) is 1.03. The van der Waals surface area contributed by atoms with Crippen molar-refractivity contribution in [1.29, 1.82) is 0 Å². The number of hydrogen-bond acceptors (Lipinski definition) is 4. The normalized spacial score (nSPS) is 28.0. The van der Waals surface area contributed by atoms with Crippen LogP contribution >= 0.6 is 0 Å². The Balaban J connectivity index is 1.43. The molecule has 1 unspecified atom stereocenters. The van der Waals surface area contributed by atoms with Crippen LogP contribution in [-0.2, 0) is 14.3 Å². The molecule has 0 radical (unpaired) electrons. The predicted octanol–water partition coefficient (Wildman–Crippen LogP) is 0.226. The number of nitrogens with zero attached hydrogens (tertiary/aromatic N) is 2. The smallest absolute Gasteiger partial charge is 0.242 e. The van der Waals surface area contributed by atoms with Gasteiger partial charge in [-0.25, -0.2) is 0 Å². The maximum atomic E-state index is 12.4. The molecule has 0 aromatic carbocycles. The number of morpholine rings is 1. The molecule has 1 N–H and O–H groups in total. The molecule has 22 heavy (non-hydrogen) atoms. The number of nitrogens with one attached hydrogen (secondary N) is 1. The second-order valence-corrected chi connectivity index (χ2v) is 6.65. The van der Waals surface area contributed by atoms with Gasteiger partial charge in [0.05, 0.1) is 13.2 Å². The number of carbonyl (C=O) groups excluding carboxylic acids is 2. The third-order valence-electron chi connectivity index (χ3n) is 5.05. The largest absolute Gasteiger partial charge is 0.378 e. The highest BCUT2D eigenvalue weighted by atomic mass is 16.5. The Morgan fingerprint density at radius 2 is 2.05 bits per heavy atom. The van der Waals surface area contributed by atoms with Crippen LogP contribution in [0.15, 0.2) is 0 Å². The molecule has 0 aliphatic carbocycles. The monoisotopic (exact) mass is 309 g/mol. The van der Waals surface area contributed by atoms with Crippen LogP contribution < -0.4 is 5.32 Å². The Hall–Kier alpha value is -1.14. The van der Waals surface area contributed by atoms with Crippen molar-refractivity contribution in [3.8, 4) is 0 Å². The lowest BCUT2D eigenvalue weighted by Gasteiger charge is -2.37. The van der Waals surface area contributed by atoms with E-state index in [2.05, 4.69) is 5.32 Å². The van der Waals surface area contributed by atoms with E-state index in [1.54, 1.807) is 0 Å². The van der Waals surface area contributed by atoms with Gasteiger partial charge in [0.25, 0.3) is 0 Å². The van der Waals surface area contributed by atoms with Crippen molar-refractivity contribution < 1.29 is 14.3 Å². The lowest BCUT2D eigenvalue weighted by atomic mass is 9.94. The van der Waals surface area contributed by atoms with E-state index < -0.39 is 0 Å². The van der Waals surface area contributed by atoms with Crippen LogP contribution in [0.1, 0.15) is 32.1 Å². The van der Waals surface area contributed by atoms with Crippen LogP contribution in [0.5, 0.6) is 0 Å². The quantitative estimate of drug-likeness (QED) is 0.810. The number of amides is 2. The summed E-state index contributed by atoms with van der Waals surface area (Å²) in [5.41, 5.74) is 0. The van der Waals surface area contributed by atoms with Gasteiger partial charge in [0, 0.05) is 39.1 Å². The summed E-state index contributed by atoms with van der Waals surface area (Å²) in [6.07, 6.45) is 4.89. The molecule has 0 aromatic heterocycles. The van der Waals surface area contributed by atoms with E-state index in [-0.39, 0.29) is 11.9 Å². The molecule has 6 nitrogen and oxygen atoms in total. The van der Waals surface area contributed by atoms with E-state index in [0.29, 0.717) is 31.5 Å². The molecule has 0 spiro atoms. The van der Waals surface area contributed by atoms with Crippen molar-refractivity contribution in [1.82, 2.24) is 15.1 Å². The summed E-state index contributed by atoms with van der Waals surface area (Å²) >= 11 is 0. The highest BCUT2D eigenvalue weighted by Crippen LogP contribution is 2.21. The fraction of sp³-hybridized carbons (Fsp3) is 0.875. The first kappa shape index (κ1) is 15.7. The minimum atomic E-state index is -0.172. The molecule has 0 saturated carbocycles. The van der Waals surface area contributed by atoms with E-state index in [0.717, 1.165) is 58.4 Å². The highest BCUT2D eigenvalue weighted by molar-refractivity contribution is 5.82. The van der Waals surface area contributed by atoms with E-state index in [4.69, 9.17) is 4.74 Å². The second-order valence-electron chi connectivity index (χ2n) is 6.65. The minimum Gasteiger partial charge on any atom is -0.378 e. The molecule has 3 aliphatic rings. The van der Waals surface area contributed by atoms with Gasteiger partial charge in [0.2, 0.25) is 11.8 Å². The summed E-state index contributed by atoms with van der Waals surface area (Å²) in [6.45, 7) is 5.35. The lowest BCUT2D eigenvalue weighted by Crippen LogP contribution is -2.54. The molecule has 3 aliphatic heterocycles. The first-order valence-electron chi connectivity index (χ1n) is 8.62. The summed E-state index contributed by atoms with van der Waals surface area (Å²) in [4.78, 5) is 28.3. The molecule has 1 atom stereocenters. The average Bonchev–Trinajstić information content (AvgIpc) is 2.58. The van der Waals surface area contributed by atoms with Gasteiger partial charge in [-0.2, -0.15) is 0 Å². The molecule has 3 rings (SSSR count). The van der Waals surface area contributed by atoms with E-state index >= 15 is 0 Å². The lowest BCUT2D eigenvalue weighted by molar-refractivity contribution is -0.139. The highest BCUT2D eigenvalue weighted by Gasteiger charge is 2.30. The topological polar surface area (TPSA) is 61.9 Å². The predicted molar refractivity (Wildman–Crippen MR) is 82.3 cm³/mol. The van der Waals surface area contributed by atoms with Gasteiger partial charge in [-0.05, 0) is 31.6 Å². The van der Waals surface area contributed by atoms with E-state index in [9.17, 15) is 9.59 Å². The molecule has 3 heterocycles. The summed E-state index contributed by atoms with van der Waals surface area (Å²) in [7, 11) is 0. The molecule has 2 amide bonds. The SMILES string of the molecule is O=C1CCCCN1CC1CCN(C(=O)C2COCCN2)CC1. The standard InChI is InChI=1S/C16H27N3O3/c20-15-3-1-2-7-19(15)11-13-4-8-18(9-5-13)16(21)14-12-22-10-6-17-14/h13-14,17H,1-12H2. The zero-order chi connectivity index (χ0) is 15.4. The van der Waals surface area contributed by atoms with Crippen molar-refractivity contribution in [2.45, 2.75) is 38.1 Å². The van der Waals surface area contributed by atoms with Gasteiger partial charge >= 0.3 is 0 Å². The van der Waals surface area contributed by atoms with Crippen LogP contribution in [0.25, 0.3) is 0 Å².